The molecular weight excluding hydrogens is 264 g/mol. The molecule has 0 aromatic heterocycles. The monoisotopic (exact) mass is 282 g/mol. The van der Waals surface area contributed by atoms with Crippen molar-refractivity contribution in [3.63, 3.8) is 0 Å². The predicted octanol–water partition coefficient (Wildman–Crippen LogP) is 2.49. The Balaban J connectivity index is 3.53. The molecule has 0 bridgehead atoms. The van der Waals surface area contributed by atoms with Gasteiger partial charge in [0.1, 0.15) is 6.61 Å². The highest BCUT2D eigenvalue weighted by Crippen LogP contribution is 2.07. The van der Waals surface area contributed by atoms with Crippen LogP contribution in [0, 0.1) is 0 Å². The second-order valence-corrected chi connectivity index (χ2v) is 9.51. The number of carbonyl (C=O) groups excluding carboxylic acids is 1. The van der Waals surface area contributed by atoms with E-state index in [0.717, 1.165) is 17.8 Å². The topological polar surface area (TPSA) is 35.5 Å². The Kier molecular flexibility index (Phi) is 7.49. The second kappa shape index (κ2) is 7.42. The molecule has 0 aliphatic heterocycles. The van der Waals surface area contributed by atoms with Crippen molar-refractivity contribution in [2.45, 2.75) is 32.9 Å². The van der Waals surface area contributed by atoms with E-state index in [1.165, 1.54) is 0 Å². The van der Waals surface area contributed by atoms with Crippen LogP contribution in [-0.2, 0) is 14.0 Å². The van der Waals surface area contributed by atoms with Crippen molar-refractivity contribution in [3.05, 3.63) is 0 Å². The lowest BCUT2D eigenvalue weighted by Gasteiger charge is -2.18. The van der Waals surface area contributed by atoms with E-state index in [-0.39, 0.29) is 12.6 Å². The zero-order valence-corrected chi connectivity index (χ0v) is 11.7. The molecule has 84 valence electrons. The maximum absolute atomic E-state index is 11.1. The number of alkyl halides is 1. The first-order chi connectivity index (χ1) is 6.52. The molecule has 0 fully saturated rings. The van der Waals surface area contributed by atoms with Gasteiger partial charge in [0.05, 0.1) is 6.61 Å². The van der Waals surface area contributed by atoms with Crippen molar-refractivity contribution >= 4 is 30.2 Å². The van der Waals surface area contributed by atoms with E-state index >= 15 is 0 Å². The number of ether oxygens (including phenoxy) is 1. The number of hydrogen-bond donors (Lipinski definition) is 0. The predicted molar refractivity (Wildman–Crippen MR) is 63.1 cm³/mol. The molecule has 0 aromatic carbocycles. The summed E-state index contributed by atoms with van der Waals surface area (Å²) in [5.74, 6) is -0.250. The summed E-state index contributed by atoms with van der Waals surface area (Å²) in [4.78, 5) is 12.0. The molecule has 3 nitrogen and oxygen atoms in total. The highest BCUT2D eigenvalue weighted by molar-refractivity contribution is 9.09. The van der Waals surface area contributed by atoms with Gasteiger partial charge in [-0.05, 0) is 19.5 Å². The molecule has 0 spiro atoms. The van der Waals surface area contributed by atoms with E-state index < -0.39 is 8.32 Å². The van der Waals surface area contributed by atoms with E-state index in [1.54, 1.807) is 0 Å². The number of rotatable bonds is 7. The number of unbranched alkanes of at least 4 members (excludes halogenated alkanes) is 1. The van der Waals surface area contributed by atoms with Gasteiger partial charge in [-0.25, -0.2) is 4.79 Å². The Morgan fingerprint density at radius 2 is 2.07 bits per heavy atom. The molecule has 0 heterocycles. The fourth-order valence-electron chi connectivity index (χ4n) is 0.665. The smallest absolute Gasteiger partial charge is 0.330 e. The van der Waals surface area contributed by atoms with Crippen molar-refractivity contribution in [2.75, 3.05) is 18.2 Å². The Morgan fingerprint density at radius 3 is 2.57 bits per heavy atom. The van der Waals surface area contributed by atoms with Crippen LogP contribution in [0.2, 0.25) is 13.1 Å². The van der Waals surface area contributed by atoms with Crippen molar-refractivity contribution in [3.8, 4) is 0 Å². The van der Waals surface area contributed by atoms with Gasteiger partial charge in [-0.1, -0.05) is 29.3 Å². The summed E-state index contributed by atoms with van der Waals surface area (Å²) in [6.45, 7) is 6.77. The van der Waals surface area contributed by atoms with Gasteiger partial charge in [0, 0.05) is 4.95 Å². The van der Waals surface area contributed by atoms with Gasteiger partial charge in [-0.2, -0.15) is 0 Å². The maximum atomic E-state index is 11.1. The van der Waals surface area contributed by atoms with Crippen LogP contribution in [0.5, 0.6) is 0 Å². The molecule has 0 radical (unpaired) electrons. The minimum atomic E-state index is -1.67. The molecule has 0 aliphatic rings. The van der Waals surface area contributed by atoms with E-state index in [1.807, 2.05) is 0 Å². The van der Waals surface area contributed by atoms with E-state index in [0.29, 0.717) is 6.61 Å². The van der Waals surface area contributed by atoms with E-state index in [9.17, 15) is 4.79 Å². The third kappa shape index (κ3) is 7.52. The standard InChI is InChI=1S/C9H19BrO3Si/c1-4-5-6-12-9(11)7-13-14(2,3)8-10/h4-8H2,1-3H3. The van der Waals surface area contributed by atoms with Gasteiger partial charge in [0.25, 0.3) is 0 Å². The first kappa shape index (κ1) is 14.1. The molecule has 5 heteroatoms. The fourth-order valence-corrected chi connectivity index (χ4v) is 1.74. The third-order valence-corrected chi connectivity index (χ3v) is 7.28. The fraction of sp³-hybridized carbons (Fsp3) is 0.889. The van der Waals surface area contributed by atoms with E-state index in [4.69, 9.17) is 9.16 Å². The Labute approximate surface area is 95.4 Å². The zero-order valence-electron chi connectivity index (χ0n) is 9.14. The van der Waals surface area contributed by atoms with Gasteiger partial charge < -0.3 is 9.16 Å². The van der Waals surface area contributed by atoms with Gasteiger partial charge >= 0.3 is 5.97 Å². The lowest BCUT2D eigenvalue weighted by Crippen LogP contribution is -2.35. The van der Waals surface area contributed by atoms with Crippen LogP contribution in [0.3, 0.4) is 0 Å². The Hall–Kier alpha value is 0.127. The van der Waals surface area contributed by atoms with Gasteiger partial charge in [0.15, 0.2) is 8.32 Å². The summed E-state index contributed by atoms with van der Waals surface area (Å²) < 4.78 is 10.5. The molecule has 0 aromatic rings. The molecule has 0 amide bonds. The quantitative estimate of drug-likeness (QED) is 0.312. The first-order valence-corrected chi connectivity index (χ1v) is 9.11. The van der Waals surface area contributed by atoms with Crippen molar-refractivity contribution in [1.29, 1.82) is 0 Å². The lowest BCUT2D eigenvalue weighted by atomic mass is 10.4. The maximum Gasteiger partial charge on any atom is 0.330 e. The number of esters is 1. The highest BCUT2D eigenvalue weighted by atomic mass is 79.9. The average Bonchev–Trinajstić information content (AvgIpc) is 2.16. The molecule has 0 unspecified atom stereocenters. The number of halogens is 1. The highest BCUT2D eigenvalue weighted by Gasteiger charge is 2.22. The summed E-state index contributed by atoms with van der Waals surface area (Å²) in [6.07, 6.45) is 1.96. The Bertz CT molecular complexity index is 173. The van der Waals surface area contributed by atoms with Crippen LogP contribution < -0.4 is 0 Å². The van der Waals surface area contributed by atoms with Crippen molar-refractivity contribution < 1.29 is 14.0 Å². The summed E-state index contributed by atoms with van der Waals surface area (Å²) in [5.41, 5.74) is 0. The molecule has 0 rings (SSSR count). The van der Waals surface area contributed by atoms with Crippen molar-refractivity contribution in [2.24, 2.45) is 0 Å². The molecule has 0 aliphatic carbocycles. The molecule has 14 heavy (non-hydrogen) atoms. The largest absolute Gasteiger partial charge is 0.464 e. The summed E-state index contributed by atoms with van der Waals surface area (Å²) in [6, 6.07) is 0. The van der Waals surface area contributed by atoms with Gasteiger partial charge in [-0.3, -0.25) is 0 Å². The number of carbonyl (C=O) groups is 1. The third-order valence-electron chi connectivity index (χ3n) is 1.66. The first-order valence-electron chi connectivity index (χ1n) is 4.87. The average molecular weight is 283 g/mol. The minimum absolute atomic E-state index is 0.0918. The second-order valence-electron chi connectivity index (χ2n) is 3.76. The van der Waals surface area contributed by atoms with Crippen LogP contribution in [0.1, 0.15) is 19.8 Å². The SMILES string of the molecule is CCCCOC(=O)CO[Si](C)(C)CBr. The lowest BCUT2D eigenvalue weighted by molar-refractivity contribution is -0.146. The van der Waals surface area contributed by atoms with Crippen LogP contribution in [-0.4, -0.2) is 32.5 Å². The summed E-state index contributed by atoms with van der Waals surface area (Å²) in [5, 5.41) is 0. The summed E-state index contributed by atoms with van der Waals surface area (Å²) >= 11 is 3.37. The Morgan fingerprint density at radius 1 is 1.43 bits per heavy atom. The van der Waals surface area contributed by atoms with Gasteiger partial charge in [0.2, 0.25) is 0 Å². The normalized spacial score (nSPS) is 11.4. The molecular formula is C9H19BrO3Si. The molecule has 0 atom stereocenters. The summed E-state index contributed by atoms with van der Waals surface area (Å²) in [7, 11) is -1.67. The van der Waals surface area contributed by atoms with Crippen LogP contribution in [0.25, 0.3) is 0 Å². The van der Waals surface area contributed by atoms with Gasteiger partial charge in [-0.15, -0.1) is 0 Å². The molecule has 0 saturated carbocycles. The van der Waals surface area contributed by atoms with Crippen LogP contribution >= 0.6 is 15.9 Å². The van der Waals surface area contributed by atoms with Crippen molar-refractivity contribution in [1.82, 2.24) is 0 Å². The molecule has 0 N–H and O–H groups in total. The number of hydrogen-bond acceptors (Lipinski definition) is 3. The van der Waals surface area contributed by atoms with Crippen LogP contribution in [0.4, 0.5) is 0 Å². The van der Waals surface area contributed by atoms with Crippen LogP contribution in [0.15, 0.2) is 0 Å². The zero-order chi connectivity index (χ0) is 11.0. The van der Waals surface area contributed by atoms with E-state index in [2.05, 4.69) is 35.9 Å². The minimum Gasteiger partial charge on any atom is -0.464 e. The molecule has 0 saturated heterocycles.